The molecular formula is C18H15ClN4O3. The summed E-state index contributed by atoms with van der Waals surface area (Å²) in [6.07, 6.45) is 0. The maximum atomic E-state index is 12.3. The summed E-state index contributed by atoms with van der Waals surface area (Å²) in [7, 11) is 0. The molecule has 0 aliphatic carbocycles. The van der Waals surface area contributed by atoms with Crippen LogP contribution in [-0.4, -0.2) is 24.2 Å². The zero-order chi connectivity index (χ0) is 18.9. The van der Waals surface area contributed by atoms with Crippen LogP contribution < -0.4 is 10.7 Å². The van der Waals surface area contributed by atoms with Crippen molar-refractivity contribution in [2.45, 2.75) is 6.92 Å². The molecule has 2 aromatic carbocycles. The van der Waals surface area contributed by atoms with E-state index in [4.69, 9.17) is 21.6 Å². The first-order chi connectivity index (χ1) is 12.5. The van der Waals surface area contributed by atoms with Gasteiger partial charge in [-0.25, -0.2) is 4.79 Å². The molecular weight excluding hydrogens is 356 g/mol. The number of hydrogen-bond donors (Lipinski definition) is 2. The molecule has 2 N–H and O–H groups in total. The van der Waals surface area contributed by atoms with E-state index in [9.17, 15) is 9.59 Å². The van der Waals surface area contributed by atoms with Crippen molar-refractivity contribution in [3.8, 4) is 6.07 Å². The Morgan fingerprint density at radius 3 is 2.69 bits per heavy atom. The monoisotopic (exact) mass is 370 g/mol. The molecule has 132 valence electrons. The minimum absolute atomic E-state index is 0.136. The molecule has 0 aliphatic heterocycles. The molecule has 0 aliphatic rings. The molecule has 0 spiro atoms. The Morgan fingerprint density at radius 1 is 1.23 bits per heavy atom. The van der Waals surface area contributed by atoms with E-state index in [1.165, 1.54) is 6.07 Å². The van der Waals surface area contributed by atoms with Gasteiger partial charge in [0.15, 0.2) is 0 Å². The number of carbonyl (C=O) groups is 2. The van der Waals surface area contributed by atoms with E-state index in [0.717, 1.165) is 0 Å². The van der Waals surface area contributed by atoms with Crippen LogP contribution in [0.15, 0.2) is 53.6 Å². The van der Waals surface area contributed by atoms with Crippen LogP contribution in [0, 0.1) is 11.3 Å². The van der Waals surface area contributed by atoms with E-state index < -0.39 is 11.7 Å². The summed E-state index contributed by atoms with van der Waals surface area (Å²) in [6.45, 7) is 1.76. The Kier molecular flexibility index (Phi) is 6.71. The topological polar surface area (TPSA) is 104 Å². The van der Waals surface area contributed by atoms with E-state index in [-0.39, 0.29) is 12.5 Å². The van der Waals surface area contributed by atoms with Crippen LogP contribution in [0.4, 0.5) is 11.4 Å². The Bertz CT molecular complexity index is 890. The van der Waals surface area contributed by atoms with Gasteiger partial charge in [0.2, 0.25) is 5.71 Å². The van der Waals surface area contributed by atoms with Crippen molar-refractivity contribution < 1.29 is 14.3 Å². The molecule has 0 radical (unpaired) electrons. The van der Waals surface area contributed by atoms with Gasteiger partial charge in [0, 0.05) is 5.56 Å². The van der Waals surface area contributed by atoms with Gasteiger partial charge in [-0.1, -0.05) is 29.8 Å². The summed E-state index contributed by atoms with van der Waals surface area (Å²) >= 11 is 6.02. The molecule has 0 unspecified atom stereocenters. The van der Waals surface area contributed by atoms with E-state index >= 15 is 0 Å². The molecule has 2 rings (SSSR count). The van der Waals surface area contributed by atoms with Gasteiger partial charge in [-0.3, -0.25) is 10.2 Å². The standard InChI is InChI=1S/C18H15ClN4O3/c1-2-26-18(25)16(11-20)23-22-13-7-5-6-12(10-13)17(24)21-15-9-4-3-8-14(15)19/h3-10,22H,2H2,1H3,(H,21,24). The van der Waals surface area contributed by atoms with Crippen LogP contribution in [0.3, 0.4) is 0 Å². The Hall–Kier alpha value is -3.37. The molecule has 0 bridgehead atoms. The average Bonchev–Trinajstić information content (AvgIpc) is 2.64. The van der Waals surface area contributed by atoms with E-state index in [1.54, 1.807) is 55.5 Å². The van der Waals surface area contributed by atoms with E-state index in [2.05, 4.69) is 15.8 Å². The highest BCUT2D eigenvalue weighted by Gasteiger charge is 2.12. The summed E-state index contributed by atoms with van der Waals surface area (Å²) in [5.41, 5.74) is 3.41. The number of para-hydroxylation sites is 1. The fraction of sp³-hybridized carbons (Fsp3) is 0.111. The first-order valence-corrected chi connectivity index (χ1v) is 7.99. The van der Waals surface area contributed by atoms with Crippen molar-refractivity contribution >= 4 is 40.6 Å². The van der Waals surface area contributed by atoms with Crippen molar-refractivity contribution in [2.75, 3.05) is 17.3 Å². The lowest BCUT2D eigenvalue weighted by molar-refractivity contribution is -0.134. The average molecular weight is 371 g/mol. The quantitative estimate of drug-likeness (QED) is 0.460. The summed E-state index contributed by atoms with van der Waals surface area (Å²) in [5.74, 6) is -1.19. The molecule has 7 nitrogen and oxygen atoms in total. The molecule has 0 saturated heterocycles. The molecule has 0 atom stereocenters. The van der Waals surface area contributed by atoms with Crippen molar-refractivity contribution in [2.24, 2.45) is 5.10 Å². The number of halogens is 1. The molecule has 0 fully saturated rings. The van der Waals surface area contributed by atoms with Gasteiger partial charge in [-0.15, -0.1) is 0 Å². The number of nitriles is 1. The van der Waals surface area contributed by atoms with Gasteiger partial charge >= 0.3 is 5.97 Å². The van der Waals surface area contributed by atoms with Crippen LogP contribution in [-0.2, 0) is 9.53 Å². The van der Waals surface area contributed by atoms with E-state index in [0.29, 0.717) is 22.0 Å². The summed E-state index contributed by atoms with van der Waals surface area (Å²) in [6, 6.07) is 14.9. The van der Waals surface area contributed by atoms with Gasteiger partial charge in [-0.05, 0) is 37.3 Å². The maximum absolute atomic E-state index is 12.3. The third-order valence-electron chi connectivity index (χ3n) is 3.12. The maximum Gasteiger partial charge on any atom is 0.369 e. The highest BCUT2D eigenvalue weighted by molar-refractivity contribution is 6.43. The largest absolute Gasteiger partial charge is 0.461 e. The zero-order valence-corrected chi connectivity index (χ0v) is 14.6. The van der Waals surface area contributed by atoms with Crippen LogP contribution in [0.2, 0.25) is 5.02 Å². The molecule has 0 aromatic heterocycles. The number of nitrogens with one attached hydrogen (secondary N) is 2. The number of anilines is 2. The second kappa shape index (κ2) is 9.20. The van der Waals surface area contributed by atoms with Crippen LogP contribution in [0.5, 0.6) is 0 Å². The Labute approximate surface area is 155 Å². The lowest BCUT2D eigenvalue weighted by Gasteiger charge is -2.08. The normalized spacial score (nSPS) is 10.6. The van der Waals surface area contributed by atoms with Gasteiger partial charge in [0.1, 0.15) is 6.07 Å². The van der Waals surface area contributed by atoms with Gasteiger partial charge in [0.25, 0.3) is 5.91 Å². The van der Waals surface area contributed by atoms with Crippen LogP contribution in [0.1, 0.15) is 17.3 Å². The fourth-order valence-electron chi connectivity index (χ4n) is 1.92. The van der Waals surface area contributed by atoms with Crippen LogP contribution >= 0.6 is 11.6 Å². The minimum atomic E-state index is -0.824. The number of amides is 1. The zero-order valence-electron chi connectivity index (χ0n) is 13.8. The Morgan fingerprint density at radius 2 is 2.00 bits per heavy atom. The van der Waals surface area contributed by atoms with Crippen molar-refractivity contribution in [3.05, 3.63) is 59.1 Å². The third-order valence-corrected chi connectivity index (χ3v) is 3.45. The van der Waals surface area contributed by atoms with Crippen molar-refractivity contribution in [1.82, 2.24) is 0 Å². The number of rotatable bonds is 6. The highest BCUT2D eigenvalue weighted by atomic mass is 35.5. The lowest BCUT2D eigenvalue weighted by Crippen LogP contribution is -2.17. The number of esters is 1. The fourth-order valence-corrected chi connectivity index (χ4v) is 2.11. The highest BCUT2D eigenvalue weighted by Crippen LogP contribution is 2.21. The predicted molar refractivity (Wildman–Crippen MR) is 99.2 cm³/mol. The summed E-state index contributed by atoms with van der Waals surface area (Å²) in [4.78, 5) is 23.9. The number of ether oxygens (including phenoxy) is 1. The smallest absolute Gasteiger partial charge is 0.369 e. The molecule has 0 saturated carbocycles. The lowest BCUT2D eigenvalue weighted by atomic mass is 10.2. The summed E-state index contributed by atoms with van der Waals surface area (Å²) in [5, 5.41) is 15.8. The first kappa shape index (κ1) is 19.0. The minimum Gasteiger partial charge on any atom is -0.461 e. The number of carbonyl (C=O) groups excluding carboxylic acids is 2. The predicted octanol–water partition coefficient (Wildman–Crippen LogP) is 3.45. The third kappa shape index (κ3) is 5.06. The summed E-state index contributed by atoms with van der Waals surface area (Å²) < 4.78 is 4.71. The van der Waals surface area contributed by atoms with Crippen LogP contribution in [0.25, 0.3) is 0 Å². The number of benzene rings is 2. The van der Waals surface area contributed by atoms with Gasteiger partial charge in [-0.2, -0.15) is 10.4 Å². The van der Waals surface area contributed by atoms with Crippen molar-refractivity contribution in [1.29, 1.82) is 5.26 Å². The number of nitrogens with zero attached hydrogens (tertiary/aromatic N) is 2. The van der Waals surface area contributed by atoms with Crippen molar-refractivity contribution in [3.63, 3.8) is 0 Å². The molecule has 0 heterocycles. The molecule has 8 heteroatoms. The number of hydrogen-bond acceptors (Lipinski definition) is 6. The van der Waals surface area contributed by atoms with Gasteiger partial charge < -0.3 is 10.1 Å². The van der Waals surface area contributed by atoms with Gasteiger partial charge in [0.05, 0.1) is 23.0 Å². The molecule has 26 heavy (non-hydrogen) atoms. The van der Waals surface area contributed by atoms with E-state index in [1.807, 2.05) is 0 Å². The SMILES string of the molecule is CCOC(=O)C(C#N)=NNc1cccc(C(=O)Nc2ccccc2Cl)c1. The second-order valence-electron chi connectivity index (χ2n) is 4.92. The first-order valence-electron chi connectivity index (χ1n) is 7.62. The Balaban J connectivity index is 2.12. The molecule has 1 amide bonds. The second-order valence-corrected chi connectivity index (χ2v) is 5.33. The number of hydrazone groups is 1. The molecule has 2 aromatic rings.